The van der Waals surface area contributed by atoms with E-state index in [1.165, 1.54) is 4.80 Å². The zero-order valence-electron chi connectivity index (χ0n) is 9.73. The van der Waals surface area contributed by atoms with Gasteiger partial charge in [-0.15, -0.1) is 15.0 Å². The summed E-state index contributed by atoms with van der Waals surface area (Å²) in [5, 5.41) is 12.5. The molecule has 1 aromatic carbocycles. The second-order valence-corrected chi connectivity index (χ2v) is 4.20. The first-order chi connectivity index (χ1) is 9.24. The third-order valence-electron chi connectivity index (χ3n) is 2.51. The molecule has 0 spiro atoms. The minimum atomic E-state index is 0.322. The monoisotopic (exact) mass is 272 g/mol. The number of tetrazole rings is 1. The summed E-state index contributed by atoms with van der Waals surface area (Å²) in [5.74, 6) is 0.865. The van der Waals surface area contributed by atoms with Gasteiger partial charge in [0.2, 0.25) is 11.6 Å². The molecule has 6 nitrogen and oxygen atoms in total. The van der Waals surface area contributed by atoms with E-state index < -0.39 is 0 Å². The first-order valence-corrected chi connectivity index (χ1v) is 5.90. The van der Waals surface area contributed by atoms with E-state index >= 15 is 0 Å². The molecule has 3 rings (SSSR count). The van der Waals surface area contributed by atoms with Gasteiger partial charge in [0.15, 0.2) is 0 Å². The van der Waals surface area contributed by atoms with Crippen molar-refractivity contribution >= 4 is 17.3 Å². The van der Waals surface area contributed by atoms with Crippen molar-refractivity contribution in [2.24, 2.45) is 0 Å². The standard InChI is InChI=1S/C12H9ClN6/c13-10-7-6-9(14)12(15-10)19-17-11(16-18-19)8-4-2-1-3-5-8/h1-7H,14H2. The lowest BCUT2D eigenvalue weighted by atomic mass is 10.2. The summed E-state index contributed by atoms with van der Waals surface area (Å²) in [5.41, 5.74) is 7.12. The summed E-state index contributed by atoms with van der Waals surface area (Å²) in [6.45, 7) is 0. The van der Waals surface area contributed by atoms with E-state index in [1.807, 2.05) is 30.3 Å². The van der Waals surface area contributed by atoms with Crippen LogP contribution in [0.5, 0.6) is 0 Å². The fraction of sp³-hybridized carbons (Fsp3) is 0. The fourth-order valence-electron chi connectivity index (χ4n) is 1.60. The summed E-state index contributed by atoms with van der Waals surface area (Å²) in [4.78, 5) is 5.36. The second-order valence-electron chi connectivity index (χ2n) is 3.82. The lowest BCUT2D eigenvalue weighted by Crippen LogP contribution is -2.06. The first-order valence-electron chi connectivity index (χ1n) is 5.52. The molecule has 0 aliphatic heterocycles. The van der Waals surface area contributed by atoms with Crippen molar-refractivity contribution in [3.8, 4) is 17.2 Å². The number of benzene rings is 1. The number of nitrogens with two attached hydrogens (primary N) is 1. The molecular formula is C12H9ClN6. The van der Waals surface area contributed by atoms with Crippen molar-refractivity contribution in [1.82, 2.24) is 25.2 Å². The highest BCUT2D eigenvalue weighted by Gasteiger charge is 2.10. The number of hydrogen-bond donors (Lipinski definition) is 1. The fourth-order valence-corrected chi connectivity index (χ4v) is 1.75. The van der Waals surface area contributed by atoms with E-state index in [-0.39, 0.29) is 0 Å². The van der Waals surface area contributed by atoms with E-state index in [4.69, 9.17) is 17.3 Å². The zero-order chi connectivity index (χ0) is 13.2. The van der Waals surface area contributed by atoms with Crippen LogP contribution >= 0.6 is 11.6 Å². The van der Waals surface area contributed by atoms with Crippen LogP contribution in [0.2, 0.25) is 5.15 Å². The van der Waals surface area contributed by atoms with Crippen LogP contribution in [0, 0.1) is 0 Å². The molecule has 0 amide bonds. The van der Waals surface area contributed by atoms with Crippen molar-refractivity contribution in [1.29, 1.82) is 0 Å². The largest absolute Gasteiger partial charge is 0.396 e. The topological polar surface area (TPSA) is 82.5 Å². The molecule has 0 atom stereocenters. The van der Waals surface area contributed by atoms with Crippen molar-refractivity contribution in [3.63, 3.8) is 0 Å². The van der Waals surface area contributed by atoms with Gasteiger partial charge in [-0.1, -0.05) is 41.9 Å². The normalized spacial score (nSPS) is 10.6. The Hall–Kier alpha value is -2.47. The van der Waals surface area contributed by atoms with Crippen molar-refractivity contribution in [2.75, 3.05) is 5.73 Å². The molecule has 0 fully saturated rings. The highest BCUT2D eigenvalue weighted by Crippen LogP contribution is 2.18. The number of nitrogens with zero attached hydrogens (tertiary/aromatic N) is 5. The molecule has 0 unspecified atom stereocenters. The number of anilines is 1. The molecule has 0 radical (unpaired) electrons. The molecule has 0 saturated heterocycles. The van der Waals surface area contributed by atoms with Crippen molar-refractivity contribution in [2.45, 2.75) is 0 Å². The second kappa shape index (κ2) is 4.66. The first kappa shape index (κ1) is 11.6. The molecule has 2 aromatic heterocycles. The minimum absolute atomic E-state index is 0.322. The van der Waals surface area contributed by atoms with Gasteiger partial charge in [0.25, 0.3) is 0 Å². The number of rotatable bonds is 2. The van der Waals surface area contributed by atoms with E-state index in [9.17, 15) is 0 Å². The van der Waals surface area contributed by atoms with Crippen molar-refractivity contribution in [3.05, 3.63) is 47.6 Å². The Labute approximate surface area is 113 Å². The predicted octanol–water partition coefficient (Wildman–Crippen LogP) is 1.96. The predicted molar refractivity (Wildman–Crippen MR) is 71.8 cm³/mol. The van der Waals surface area contributed by atoms with Crippen LogP contribution in [-0.2, 0) is 0 Å². The van der Waals surface area contributed by atoms with Gasteiger partial charge in [-0.3, -0.25) is 0 Å². The Morgan fingerprint density at radius 1 is 1.05 bits per heavy atom. The number of aromatic nitrogens is 5. The SMILES string of the molecule is Nc1ccc(Cl)nc1-n1nnc(-c2ccccc2)n1. The molecule has 2 heterocycles. The molecule has 3 aromatic rings. The molecule has 0 bridgehead atoms. The number of hydrogen-bond acceptors (Lipinski definition) is 5. The molecule has 7 heteroatoms. The molecule has 19 heavy (non-hydrogen) atoms. The summed E-state index contributed by atoms with van der Waals surface area (Å²) < 4.78 is 0. The maximum absolute atomic E-state index is 5.83. The maximum atomic E-state index is 5.83. The lowest BCUT2D eigenvalue weighted by molar-refractivity contribution is 0.703. The van der Waals surface area contributed by atoms with Gasteiger partial charge in [0.05, 0.1) is 5.69 Å². The third-order valence-corrected chi connectivity index (χ3v) is 2.72. The Bertz CT molecular complexity index is 709. The summed E-state index contributed by atoms with van der Waals surface area (Å²) in [7, 11) is 0. The van der Waals surface area contributed by atoms with Crippen LogP contribution in [0.1, 0.15) is 0 Å². The quantitative estimate of drug-likeness (QED) is 0.721. The van der Waals surface area contributed by atoms with E-state index in [2.05, 4.69) is 20.4 Å². The highest BCUT2D eigenvalue weighted by molar-refractivity contribution is 6.29. The van der Waals surface area contributed by atoms with E-state index in [0.29, 0.717) is 22.5 Å². The van der Waals surface area contributed by atoms with Gasteiger partial charge >= 0.3 is 0 Å². The van der Waals surface area contributed by atoms with Gasteiger partial charge in [0.1, 0.15) is 5.15 Å². The van der Waals surface area contributed by atoms with Crippen LogP contribution in [0.15, 0.2) is 42.5 Å². The van der Waals surface area contributed by atoms with Crippen LogP contribution in [0.3, 0.4) is 0 Å². The van der Waals surface area contributed by atoms with Crippen LogP contribution in [0.4, 0.5) is 5.69 Å². The van der Waals surface area contributed by atoms with Crippen molar-refractivity contribution < 1.29 is 0 Å². The Kier molecular flexibility index (Phi) is 2.85. The smallest absolute Gasteiger partial charge is 0.205 e. The number of pyridine rings is 1. The molecule has 94 valence electrons. The Balaban J connectivity index is 2.04. The van der Waals surface area contributed by atoms with Gasteiger partial charge < -0.3 is 5.73 Å². The molecular weight excluding hydrogens is 264 g/mol. The highest BCUT2D eigenvalue weighted by atomic mass is 35.5. The van der Waals surface area contributed by atoms with Crippen LogP contribution < -0.4 is 5.73 Å². The van der Waals surface area contributed by atoms with E-state index in [1.54, 1.807) is 12.1 Å². The maximum Gasteiger partial charge on any atom is 0.205 e. The zero-order valence-corrected chi connectivity index (χ0v) is 10.5. The number of nitrogen functional groups attached to an aromatic ring is 1. The van der Waals surface area contributed by atoms with Crippen LogP contribution in [0.25, 0.3) is 17.2 Å². The average Bonchev–Trinajstić information content (AvgIpc) is 2.92. The third kappa shape index (κ3) is 2.25. The number of halogens is 1. The Morgan fingerprint density at radius 2 is 1.84 bits per heavy atom. The summed E-state index contributed by atoms with van der Waals surface area (Å²) in [6.07, 6.45) is 0. The van der Waals surface area contributed by atoms with Crippen LogP contribution in [-0.4, -0.2) is 25.2 Å². The van der Waals surface area contributed by atoms with Gasteiger partial charge in [-0.2, -0.15) is 0 Å². The molecule has 0 aliphatic rings. The minimum Gasteiger partial charge on any atom is -0.396 e. The molecule has 0 aliphatic carbocycles. The lowest BCUT2D eigenvalue weighted by Gasteiger charge is -2.01. The molecule has 2 N–H and O–H groups in total. The average molecular weight is 273 g/mol. The Morgan fingerprint density at radius 3 is 2.63 bits per heavy atom. The van der Waals surface area contributed by atoms with Gasteiger partial charge in [-0.25, -0.2) is 4.98 Å². The van der Waals surface area contributed by atoms with Gasteiger partial charge in [0, 0.05) is 5.56 Å². The molecule has 0 saturated carbocycles. The summed E-state index contributed by atoms with van der Waals surface area (Å²) >= 11 is 5.83. The summed E-state index contributed by atoms with van der Waals surface area (Å²) in [6, 6.07) is 12.8. The van der Waals surface area contributed by atoms with Gasteiger partial charge in [-0.05, 0) is 17.3 Å². The van der Waals surface area contributed by atoms with E-state index in [0.717, 1.165) is 5.56 Å².